The van der Waals surface area contributed by atoms with Gasteiger partial charge in [-0.05, 0) is 30.0 Å². The molecule has 1 aliphatic heterocycles. The lowest BCUT2D eigenvalue weighted by molar-refractivity contribution is -0.138. The number of allylic oxidation sites excluding steroid dienone is 1. The molecule has 1 amide bonds. The second-order valence-corrected chi connectivity index (χ2v) is 7.33. The molecule has 0 radical (unpaired) electrons. The minimum Gasteiger partial charge on any atom is -0.376 e. The summed E-state index contributed by atoms with van der Waals surface area (Å²) in [5, 5.41) is 2.63. The number of nitrogens with one attached hydrogen (secondary N) is 1. The molecule has 3 rings (SSSR count). The average Bonchev–Trinajstić information content (AvgIpc) is 2.66. The summed E-state index contributed by atoms with van der Waals surface area (Å²) >= 11 is 0. The molecule has 2 atom stereocenters. The summed E-state index contributed by atoms with van der Waals surface area (Å²) in [4.78, 5) is 14.8. The van der Waals surface area contributed by atoms with Crippen LogP contribution in [-0.2, 0) is 6.18 Å². The number of benzene rings is 2. The fourth-order valence-electron chi connectivity index (χ4n) is 3.63. The van der Waals surface area contributed by atoms with Gasteiger partial charge in [-0.3, -0.25) is 4.79 Å². The molecule has 1 heterocycles. The van der Waals surface area contributed by atoms with Crippen molar-refractivity contribution in [3.63, 3.8) is 0 Å². The summed E-state index contributed by atoms with van der Waals surface area (Å²) in [5.74, 6) is -1.89. The molecule has 1 N–H and O–H groups in total. The summed E-state index contributed by atoms with van der Waals surface area (Å²) in [6, 6.07) is 10.8. The predicted octanol–water partition coefficient (Wildman–Crippen LogP) is 5.17. The number of carbonyl (C=O) groups is 1. The Hall–Kier alpha value is -2.83. The lowest BCUT2D eigenvalue weighted by Gasteiger charge is -2.35. The Morgan fingerprint density at radius 3 is 2.45 bits per heavy atom. The fourth-order valence-corrected chi connectivity index (χ4v) is 3.63. The number of alkyl halides is 3. The highest BCUT2D eigenvalue weighted by Crippen LogP contribution is 2.34. The van der Waals surface area contributed by atoms with Gasteiger partial charge in [-0.25, -0.2) is 4.39 Å². The SMILES string of the molecule is CC1CC=C(C(NC(=O)c2c(F)cccc2C(F)(F)F)c2ccccc2)N(C)C1. The molecule has 0 bridgehead atoms. The topological polar surface area (TPSA) is 32.3 Å². The van der Waals surface area contributed by atoms with Gasteiger partial charge < -0.3 is 10.2 Å². The molecule has 29 heavy (non-hydrogen) atoms. The van der Waals surface area contributed by atoms with Crippen molar-refractivity contribution in [2.75, 3.05) is 13.6 Å². The molecular formula is C22H22F4N2O. The smallest absolute Gasteiger partial charge is 0.376 e. The molecule has 0 fully saturated rings. The molecule has 0 aromatic heterocycles. The normalized spacial score (nSPS) is 18.2. The van der Waals surface area contributed by atoms with Gasteiger partial charge in [0.1, 0.15) is 5.82 Å². The molecule has 2 aromatic rings. The fraction of sp³-hybridized carbons (Fsp3) is 0.318. The van der Waals surface area contributed by atoms with Crippen LogP contribution in [0.1, 0.15) is 40.9 Å². The van der Waals surface area contributed by atoms with Gasteiger partial charge in [-0.15, -0.1) is 0 Å². The van der Waals surface area contributed by atoms with E-state index < -0.39 is 35.1 Å². The van der Waals surface area contributed by atoms with Gasteiger partial charge in [0.05, 0.1) is 17.2 Å². The Balaban J connectivity index is 2.01. The Bertz CT molecular complexity index is 909. The van der Waals surface area contributed by atoms with Crippen LogP contribution < -0.4 is 5.32 Å². The van der Waals surface area contributed by atoms with Crippen LogP contribution >= 0.6 is 0 Å². The minimum atomic E-state index is -4.84. The zero-order valence-electron chi connectivity index (χ0n) is 16.1. The van der Waals surface area contributed by atoms with Crippen LogP contribution in [0.5, 0.6) is 0 Å². The van der Waals surface area contributed by atoms with E-state index >= 15 is 0 Å². The van der Waals surface area contributed by atoms with E-state index in [1.54, 1.807) is 24.3 Å². The number of nitrogens with zero attached hydrogens (tertiary/aromatic N) is 1. The molecule has 154 valence electrons. The lowest BCUT2D eigenvalue weighted by Crippen LogP contribution is -2.39. The molecule has 0 saturated carbocycles. The first kappa shape index (κ1) is 20.9. The van der Waals surface area contributed by atoms with Crippen LogP contribution in [0.4, 0.5) is 17.6 Å². The first-order valence-electron chi connectivity index (χ1n) is 9.31. The van der Waals surface area contributed by atoms with Gasteiger partial charge in [0.15, 0.2) is 0 Å². The van der Waals surface area contributed by atoms with Crippen LogP contribution in [0.15, 0.2) is 60.3 Å². The number of hydrogen-bond acceptors (Lipinski definition) is 2. The molecule has 2 unspecified atom stereocenters. The number of rotatable bonds is 4. The van der Waals surface area contributed by atoms with E-state index in [4.69, 9.17) is 0 Å². The van der Waals surface area contributed by atoms with Crippen LogP contribution in [0.25, 0.3) is 0 Å². The standard InChI is InChI=1S/C22H22F4N2O/c1-14-11-12-18(28(2)13-14)20(15-7-4-3-5-8-15)27-21(29)19-16(22(24,25)26)9-6-10-17(19)23/h3-10,12,14,20H,11,13H2,1-2H3,(H,27,29). The van der Waals surface area contributed by atoms with Gasteiger partial charge in [0.25, 0.3) is 5.91 Å². The molecule has 0 aliphatic carbocycles. The van der Waals surface area contributed by atoms with E-state index in [1.807, 2.05) is 24.1 Å². The van der Waals surface area contributed by atoms with E-state index in [9.17, 15) is 22.4 Å². The third kappa shape index (κ3) is 4.60. The summed E-state index contributed by atoms with van der Waals surface area (Å²) in [7, 11) is 1.87. The maximum Gasteiger partial charge on any atom is 0.417 e. The van der Waals surface area contributed by atoms with E-state index in [1.165, 1.54) is 0 Å². The van der Waals surface area contributed by atoms with E-state index in [-0.39, 0.29) is 0 Å². The van der Waals surface area contributed by atoms with Crippen molar-refractivity contribution in [3.05, 3.63) is 82.8 Å². The second kappa shape index (κ2) is 8.27. The van der Waals surface area contributed by atoms with Crippen molar-refractivity contribution in [2.24, 2.45) is 5.92 Å². The highest BCUT2D eigenvalue weighted by atomic mass is 19.4. The summed E-state index contributed by atoms with van der Waals surface area (Å²) < 4.78 is 54.3. The van der Waals surface area contributed by atoms with Crippen molar-refractivity contribution in [3.8, 4) is 0 Å². The molecule has 0 saturated heterocycles. The summed E-state index contributed by atoms with van der Waals surface area (Å²) in [6.45, 7) is 2.84. The highest BCUT2D eigenvalue weighted by molar-refractivity contribution is 5.96. The van der Waals surface area contributed by atoms with Gasteiger partial charge in [0, 0.05) is 19.3 Å². The Kier molecular flexibility index (Phi) is 5.96. The van der Waals surface area contributed by atoms with Crippen LogP contribution in [0.2, 0.25) is 0 Å². The average molecular weight is 406 g/mol. The van der Waals surface area contributed by atoms with Crippen molar-refractivity contribution in [1.29, 1.82) is 0 Å². The van der Waals surface area contributed by atoms with E-state index in [0.717, 1.165) is 30.8 Å². The third-order valence-electron chi connectivity index (χ3n) is 5.01. The third-order valence-corrected chi connectivity index (χ3v) is 5.01. The number of halogens is 4. The van der Waals surface area contributed by atoms with Crippen LogP contribution in [0.3, 0.4) is 0 Å². The maximum atomic E-state index is 14.3. The lowest BCUT2D eigenvalue weighted by atomic mass is 9.94. The summed E-state index contributed by atoms with van der Waals surface area (Å²) in [6.07, 6.45) is -2.09. The van der Waals surface area contributed by atoms with Crippen molar-refractivity contribution in [1.82, 2.24) is 10.2 Å². The Morgan fingerprint density at radius 2 is 1.83 bits per heavy atom. The van der Waals surface area contributed by atoms with Crippen LogP contribution in [0, 0.1) is 11.7 Å². The number of carbonyl (C=O) groups excluding carboxylic acids is 1. The second-order valence-electron chi connectivity index (χ2n) is 7.33. The highest BCUT2D eigenvalue weighted by Gasteiger charge is 2.37. The van der Waals surface area contributed by atoms with Gasteiger partial charge in [0.2, 0.25) is 0 Å². The summed E-state index contributed by atoms with van der Waals surface area (Å²) in [5.41, 5.74) is -0.805. The van der Waals surface area contributed by atoms with Gasteiger partial charge >= 0.3 is 6.18 Å². The molecule has 1 aliphatic rings. The zero-order chi connectivity index (χ0) is 21.2. The molecule has 0 spiro atoms. The van der Waals surface area contributed by atoms with Gasteiger partial charge in [-0.2, -0.15) is 13.2 Å². The predicted molar refractivity (Wildman–Crippen MR) is 103 cm³/mol. The number of likely N-dealkylation sites (N-methyl/N-ethyl adjacent to an activating group) is 1. The van der Waals surface area contributed by atoms with Gasteiger partial charge in [-0.1, -0.05) is 49.4 Å². The molecule has 3 nitrogen and oxygen atoms in total. The van der Waals surface area contributed by atoms with E-state index in [0.29, 0.717) is 17.5 Å². The number of hydrogen-bond donors (Lipinski definition) is 1. The van der Waals surface area contributed by atoms with Crippen molar-refractivity contribution in [2.45, 2.75) is 25.6 Å². The molecule has 2 aromatic carbocycles. The Morgan fingerprint density at radius 1 is 1.14 bits per heavy atom. The first-order chi connectivity index (χ1) is 13.7. The minimum absolute atomic E-state index is 0.416. The monoisotopic (exact) mass is 406 g/mol. The largest absolute Gasteiger partial charge is 0.417 e. The quantitative estimate of drug-likeness (QED) is 0.711. The first-order valence-corrected chi connectivity index (χ1v) is 9.31. The van der Waals surface area contributed by atoms with Crippen LogP contribution in [-0.4, -0.2) is 24.4 Å². The molecular weight excluding hydrogens is 384 g/mol. The van der Waals surface area contributed by atoms with E-state index in [2.05, 4.69) is 12.2 Å². The Labute approximate surface area is 167 Å². The van der Waals surface area contributed by atoms with Crippen molar-refractivity contribution >= 4 is 5.91 Å². The number of amides is 1. The van der Waals surface area contributed by atoms with Crippen molar-refractivity contribution < 1.29 is 22.4 Å². The maximum absolute atomic E-state index is 14.3. The molecule has 7 heteroatoms. The zero-order valence-corrected chi connectivity index (χ0v) is 16.1.